The van der Waals surface area contributed by atoms with Crippen LogP contribution in [0.25, 0.3) is 0 Å². The fourth-order valence-corrected chi connectivity index (χ4v) is 7.09. The number of aliphatic hydroxyl groups excluding tert-OH is 1. The molecule has 240 valence electrons. The molecule has 1 spiro atoms. The van der Waals surface area contributed by atoms with Crippen LogP contribution in [0, 0.1) is 11.8 Å². The summed E-state index contributed by atoms with van der Waals surface area (Å²) in [7, 11) is 0. The van der Waals surface area contributed by atoms with E-state index in [0.29, 0.717) is 24.8 Å². The molecule has 10 heteroatoms. The molecule has 0 saturated carbocycles. The number of hydrogen-bond acceptors (Lipinski definition) is 7. The summed E-state index contributed by atoms with van der Waals surface area (Å²) < 4.78 is 12.7. The van der Waals surface area contributed by atoms with Crippen LogP contribution < -0.4 is 5.32 Å². The zero-order valence-corrected chi connectivity index (χ0v) is 26.4. The highest BCUT2D eigenvalue weighted by Gasteiger charge is 2.75. The summed E-state index contributed by atoms with van der Waals surface area (Å²) in [4.78, 5) is 58.3. The number of esters is 1. The first kappa shape index (κ1) is 33.4. The van der Waals surface area contributed by atoms with Crippen molar-refractivity contribution in [3.63, 3.8) is 0 Å². The van der Waals surface area contributed by atoms with Gasteiger partial charge in [-0.15, -0.1) is 13.2 Å². The average Bonchev–Trinajstić information content (AvgIpc) is 3.63. The first-order valence-corrected chi connectivity index (χ1v) is 15.6. The topological polar surface area (TPSA) is 125 Å². The smallest absolute Gasteiger partial charge is 0.313 e. The van der Waals surface area contributed by atoms with Crippen LogP contribution in [0.4, 0.5) is 0 Å². The van der Waals surface area contributed by atoms with Crippen LogP contribution in [-0.2, 0) is 28.7 Å². The van der Waals surface area contributed by atoms with Crippen LogP contribution in [0.2, 0.25) is 0 Å². The average molecular weight is 610 g/mol. The van der Waals surface area contributed by atoms with Crippen molar-refractivity contribution in [2.75, 3.05) is 19.7 Å². The second-order valence-electron chi connectivity index (χ2n) is 13.0. The minimum Gasteiger partial charge on any atom is -0.455 e. The molecule has 44 heavy (non-hydrogen) atoms. The number of rotatable bonds is 14. The monoisotopic (exact) mass is 609 g/mol. The van der Waals surface area contributed by atoms with Crippen LogP contribution in [-0.4, -0.2) is 87.6 Å². The molecular formula is C34H47N3O7. The Bertz CT molecular complexity index is 1250. The maximum Gasteiger partial charge on any atom is 0.313 e. The van der Waals surface area contributed by atoms with Gasteiger partial charge in [-0.25, -0.2) is 0 Å². The van der Waals surface area contributed by atoms with Gasteiger partial charge >= 0.3 is 5.97 Å². The van der Waals surface area contributed by atoms with Crippen molar-refractivity contribution < 1.29 is 33.8 Å². The zero-order chi connectivity index (χ0) is 32.2. The molecule has 3 aliphatic rings. The maximum absolute atomic E-state index is 14.3. The Morgan fingerprint density at radius 2 is 1.93 bits per heavy atom. The molecule has 1 aromatic rings. The van der Waals surface area contributed by atoms with E-state index in [1.54, 1.807) is 24.0 Å². The summed E-state index contributed by atoms with van der Waals surface area (Å²) in [6, 6.07) is 7.68. The van der Waals surface area contributed by atoms with Gasteiger partial charge < -0.3 is 29.7 Å². The van der Waals surface area contributed by atoms with Gasteiger partial charge in [0.25, 0.3) is 0 Å². The molecule has 0 unspecified atom stereocenters. The lowest BCUT2D eigenvalue weighted by atomic mass is 9.70. The summed E-state index contributed by atoms with van der Waals surface area (Å²) in [6.45, 7) is 15.3. The van der Waals surface area contributed by atoms with Crippen molar-refractivity contribution in [2.45, 2.75) is 95.2 Å². The van der Waals surface area contributed by atoms with Crippen molar-refractivity contribution >= 4 is 23.7 Å². The Morgan fingerprint density at radius 1 is 1.23 bits per heavy atom. The molecule has 0 radical (unpaired) electrons. The van der Waals surface area contributed by atoms with Gasteiger partial charge in [-0.3, -0.25) is 19.2 Å². The number of carbonyl (C=O) groups excluding carboxylic acids is 4. The van der Waals surface area contributed by atoms with E-state index >= 15 is 0 Å². The van der Waals surface area contributed by atoms with E-state index in [2.05, 4.69) is 18.5 Å². The summed E-state index contributed by atoms with van der Waals surface area (Å²) in [5, 5.41) is 12.6. The fraction of sp³-hybridized carbons (Fsp3) is 0.588. The third-order valence-electron chi connectivity index (χ3n) is 9.04. The second kappa shape index (κ2) is 13.6. The minimum absolute atomic E-state index is 0.151. The minimum atomic E-state index is -1.19. The number of fused-ring (bicyclic) bond motifs is 1. The van der Waals surface area contributed by atoms with E-state index in [-0.39, 0.29) is 50.3 Å². The van der Waals surface area contributed by atoms with Crippen LogP contribution in [0.1, 0.15) is 71.5 Å². The van der Waals surface area contributed by atoms with Crippen LogP contribution in [0.5, 0.6) is 0 Å². The number of ether oxygens (including phenoxy) is 2. The van der Waals surface area contributed by atoms with Crippen LogP contribution >= 0.6 is 0 Å². The Balaban J connectivity index is 1.66. The van der Waals surface area contributed by atoms with E-state index in [4.69, 9.17) is 9.47 Å². The van der Waals surface area contributed by atoms with Gasteiger partial charge in [-0.1, -0.05) is 42.5 Å². The normalized spacial score (nSPS) is 26.9. The second-order valence-corrected chi connectivity index (χ2v) is 13.0. The molecule has 3 fully saturated rings. The fourth-order valence-electron chi connectivity index (χ4n) is 7.09. The first-order chi connectivity index (χ1) is 20.9. The molecule has 0 aliphatic carbocycles. The largest absolute Gasteiger partial charge is 0.455 e. The highest BCUT2D eigenvalue weighted by atomic mass is 16.6. The highest BCUT2D eigenvalue weighted by Crippen LogP contribution is 2.59. The van der Waals surface area contributed by atoms with E-state index in [0.717, 1.165) is 0 Å². The lowest BCUT2D eigenvalue weighted by Gasteiger charge is -2.42. The number of benzene rings is 1. The number of amides is 3. The predicted molar refractivity (Wildman–Crippen MR) is 165 cm³/mol. The molecule has 10 nitrogen and oxygen atoms in total. The molecule has 4 rings (SSSR count). The molecule has 1 aromatic carbocycles. The van der Waals surface area contributed by atoms with Gasteiger partial charge in [0.1, 0.15) is 17.7 Å². The third-order valence-corrected chi connectivity index (χ3v) is 9.04. The zero-order valence-electron chi connectivity index (χ0n) is 26.4. The first-order valence-electron chi connectivity index (χ1n) is 15.6. The Labute approximate surface area is 260 Å². The molecule has 3 aliphatic heterocycles. The summed E-state index contributed by atoms with van der Waals surface area (Å²) >= 11 is 0. The van der Waals surface area contributed by atoms with Gasteiger partial charge in [-0.2, -0.15) is 0 Å². The van der Waals surface area contributed by atoms with Gasteiger partial charge in [0.15, 0.2) is 0 Å². The van der Waals surface area contributed by atoms with Crippen LogP contribution in [0.15, 0.2) is 55.6 Å². The van der Waals surface area contributed by atoms with Gasteiger partial charge in [-0.05, 0) is 58.9 Å². The number of nitrogens with one attached hydrogen (secondary N) is 1. The van der Waals surface area contributed by atoms with E-state index in [1.165, 1.54) is 4.90 Å². The van der Waals surface area contributed by atoms with Crippen LogP contribution in [0.3, 0.4) is 0 Å². The molecule has 3 amide bonds. The van der Waals surface area contributed by atoms with Crippen molar-refractivity contribution in [1.82, 2.24) is 15.1 Å². The summed E-state index contributed by atoms with van der Waals surface area (Å²) in [5.74, 6) is -3.20. The Morgan fingerprint density at radius 3 is 2.55 bits per heavy atom. The molecule has 0 aromatic heterocycles. The lowest BCUT2D eigenvalue weighted by Crippen LogP contribution is -2.60. The Kier molecular flexibility index (Phi) is 10.4. The van der Waals surface area contributed by atoms with Crippen molar-refractivity contribution in [2.24, 2.45) is 11.8 Å². The van der Waals surface area contributed by atoms with Crippen molar-refractivity contribution in [3.8, 4) is 0 Å². The molecule has 7 atom stereocenters. The van der Waals surface area contributed by atoms with Crippen molar-refractivity contribution in [1.29, 1.82) is 0 Å². The number of allylic oxidation sites excluding steroid dienone is 1. The van der Waals surface area contributed by atoms with Gasteiger partial charge in [0.05, 0.1) is 24.0 Å². The number of carbonyl (C=O) groups is 4. The number of aliphatic hydroxyl groups is 1. The molecule has 3 heterocycles. The Hall–Kier alpha value is -3.50. The van der Waals surface area contributed by atoms with E-state index in [9.17, 15) is 24.3 Å². The summed E-state index contributed by atoms with van der Waals surface area (Å²) in [6.07, 6.45) is 3.95. The lowest BCUT2D eigenvalue weighted by molar-refractivity contribution is -0.162. The molecular weight excluding hydrogens is 562 g/mol. The number of nitrogens with zero attached hydrogens (tertiary/aromatic N) is 2. The number of likely N-dealkylation sites (tertiary alicyclic amines) is 1. The van der Waals surface area contributed by atoms with Gasteiger partial charge in [0, 0.05) is 31.7 Å². The molecule has 3 saturated heterocycles. The quantitative estimate of drug-likeness (QED) is 0.245. The number of hydrogen-bond donors (Lipinski definition) is 2. The standard InChI is InChI=1S/C34H47N3O7/c1-7-9-16-25(39)35-22(3)28(23-14-11-10-12-15-23)43-32(42)26-24-17-18-34(44-24)27(26)30(40)36(20-13-21-38)29(34)31(41)37(19-8-2)33(4,5)6/h7-8,10-12,14-15,22,24,26-29,38H,1-2,9,13,16-21H2,3-6H3,(H,35,39)/t22-,24-,26+,27+,28-,29-,34+/m1/s1. The van der Waals surface area contributed by atoms with Crippen molar-refractivity contribution in [3.05, 3.63) is 61.2 Å². The predicted octanol–water partition coefficient (Wildman–Crippen LogP) is 3.31. The summed E-state index contributed by atoms with van der Waals surface area (Å²) in [5.41, 5.74) is -1.04. The van der Waals surface area contributed by atoms with E-state index in [1.807, 2.05) is 51.1 Å². The third kappa shape index (κ3) is 6.33. The maximum atomic E-state index is 14.3. The molecule has 2 bridgehead atoms. The molecule has 2 N–H and O–H groups in total. The van der Waals surface area contributed by atoms with E-state index < -0.39 is 53.2 Å². The SMILES string of the molecule is C=CCCC(=O)N[C@H](C)[C@@H](OC(=O)[C@@H]1[C@H]2C(=O)N(CCCO)[C@H](C(=O)N(CC=C)C(C)(C)C)[C@]23CC[C@H]1O3)c1ccccc1. The highest BCUT2D eigenvalue weighted by molar-refractivity contribution is 5.98. The van der Waals surface area contributed by atoms with Gasteiger partial charge in [0.2, 0.25) is 17.7 Å².